The third-order valence-electron chi connectivity index (χ3n) is 0.575. The summed E-state index contributed by atoms with van der Waals surface area (Å²) in [6, 6.07) is 0. The zero-order chi connectivity index (χ0) is 4.99. The molecule has 1 atom stereocenters. The number of hydrogen-bond donors (Lipinski definition) is 1. The van der Waals surface area contributed by atoms with Crippen LogP contribution in [0, 0.1) is 0 Å². The lowest BCUT2D eigenvalue weighted by Gasteiger charge is -1.89. The summed E-state index contributed by atoms with van der Waals surface area (Å²) in [6.07, 6.45) is 0.300. The van der Waals surface area contributed by atoms with Gasteiger partial charge in [-0.05, 0) is 6.42 Å². The molecule has 0 aromatic rings. The van der Waals surface area contributed by atoms with Crippen molar-refractivity contribution < 1.29 is 9.90 Å². The number of aliphatic hydroxyl groups excluding tert-OH is 1. The van der Waals surface area contributed by atoms with Gasteiger partial charge >= 0.3 is 0 Å². The highest BCUT2D eigenvalue weighted by molar-refractivity contribution is 5.55. The van der Waals surface area contributed by atoms with Crippen molar-refractivity contribution in [1.82, 2.24) is 0 Å². The zero-order valence-electron chi connectivity index (χ0n) is 3.72. The molecule has 0 saturated heterocycles. The maximum Gasteiger partial charge on any atom is 0.148 e. The molecule has 1 N–H and O–H groups in total. The SMILES string of the molecule is CC[C@@H](O)C=O. The number of rotatable bonds is 2. The Kier molecular flexibility index (Phi) is 2.67. The third-order valence-corrected chi connectivity index (χ3v) is 0.575. The maximum absolute atomic E-state index is 9.49. The summed E-state index contributed by atoms with van der Waals surface area (Å²) in [4.78, 5) is 9.49. The van der Waals surface area contributed by atoms with E-state index in [1.54, 1.807) is 6.92 Å². The van der Waals surface area contributed by atoms with E-state index in [0.717, 1.165) is 0 Å². The van der Waals surface area contributed by atoms with E-state index in [-0.39, 0.29) is 0 Å². The van der Waals surface area contributed by atoms with Gasteiger partial charge < -0.3 is 9.90 Å². The Bertz CT molecular complexity index is 42.8. The molecule has 0 aliphatic rings. The summed E-state index contributed by atoms with van der Waals surface area (Å²) in [5, 5.41) is 8.30. The Balaban J connectivity index is 2.96. The highest BCUT2D eigenvalue weighted by atomic mass is 16.3. The first-order valence-corrected chi connectivity index (χ1v) is 1.94. The second-order valence-electron chi connectivity index (χ2n) is 1.11. The highest BCUT2D eigenvalue weighted by Gasteiger charge is 1.91. The minimum Gasteiger partial charge on any atom is -0.386 e. The van der Waals surface area contributed by atoms with Gasteiger partial charge in [0.2, 0.25) is 0 Å². The normalized spacial score (nSPS) is 13.7. The molecular weight excluding hydrogens is 80.0 g/mol. The Hall–Kier alpha value is -0.370. The van der Waals surface area contributed by atoms with Crippen LogP contribution in [-0.4, -0.2) is 17.5 Å². The molecule has 0 radical (unpaired) electrons. The molecule has 0 aromatic heterocycles. The number of carbonyl (C=O) groups excluding carboxylic acids is 1. The lowest BCUT2D eigenvalue weighted by atomic mass is 10.3. The molecule has 0 bridgehead atoms. The van der Waals surface area contributed by atoms with Crippen LogP contribution in [0.4, 0.5) is 0 Å². The molecule has 36 valence electrons. The fraction of sp³-hybridized carbons (Fsp3) is 0.750. The van der Waals surface area contributed by atoms with Gasteiger partial charge in [-0.2, -0.15) is 0 Å². The van der Waals surface area contributed by atoms with Gasteiger partial charge in [0.25, 0.3) is 0 Å². The van der Waals surface area contributed by atoms with Crippen molar-refractivity contribution in [2.24, 2.45) is 0 Å². The average Bonchev–Trinajstić information content (AvgIpc) is 1.65. The summed E-state index contributed by atoms with van der Waals surface area (Å²) in [5.41, 5.74) is 0. The Morgan fingerprint density at radius 2 is 2.50 bits per heavy atom. The monoisotopic (exact) mass is 88.1 g/mol. The highest BCUT2D eigenvalue weighted by Crippen LogP contribution is 1.79. The van der Waals surface area contributed by atoms with Gasteiger partial charge in [-0.15, -0.1) is 0 Å². The van der Waals surface area contributed by atoms with Crippen LogP contribution in [0.5, 0.6) is 0 Å². The van der Waals surface area contributed by atoms with Gasteiger partial charge in [-0.1, -0.05) is 6.92 Å². The van der Waals surface area contributed by atoms with Gasteiger partial charge in [0.15, 0.2) is 0 Å². The van der Waals surface area contributed by atoms with Crippen LogP contribution >= 0.6 is 0 Å². The van der Waals surface area contributed by atoms with Gasteiger partial charge in [0, 0.05) is 0 Å². The summed E-state index contributed by atoms with van der Waals surface area (Å²) < 4.78 is 0. The van der Waals surface area contributed by atoms with E-state index in [0.29, 0.717) is 12.7 Å². The molecule has 0 aromatic carbocycles. The van der Waals surface area contributed by atoms with E-state index in [2.05, 4.69) is 0 Å². The standard InChI is InChI=1S/C4H8O2/c1-2-4(6)3-5/h3-4,6H,2H2,1H3/t4-/m1/s1. The van der Waals surface area contributed by atoms with Gasteiger partial charge in [-0.25, -0.2) is 0 Å². The molecule has 0 rings (SSSR count). The smallest absolute Gasteiger partial charge is 0.148 e. The Labute approximate surface area is 36.8 Å². The second kappa shape index (κ2) is 2.85. The topological polar surface area (TPSA) is 37.3 Å². The minimum absolute atomic E-state index is 0.517. The van der Waals surface area contributed by atoms with Crippen molar-refractivity contribution in [2.45, 2.75) is 19.4 Å². The average molecular weight is 88.1 g/mol. The fourth-order valence-corrected chi connectivity index (χ4v) is 0.0962. The Morgan fingerprint density at radius 1 is 2.00 bits per heavy atom. The second-order valence-corrected chi connectivity index (χ2v) is 1.11. The molecule has 0 aliphatic heterocycles. The summed E-state index contributed by atoms with van der Waals surface area (Å²) in [7, 11) is 0. The molecule has 0 amide bonds. The van der Waals surface area contributed by atoms with Crippen LogP contribution in [0.1, 0.15) is 13.3 Å². The molecule has 0 heterocycles. The predicted octanol–water partition coefficient (Wildman–Crippen LogP) is -0.0438. The molecule has 0 fully saturated rings. The van der Waals surface area contributed by atoms with Crippen molar-refractivity contribution in [1.29, 1.82) is 0 Å². The molecule has 0 aliphatic carbocycles. The summed E-state index contributed by atoms with van der Waals surface area (Å²) in [5.74, 6) is 0. The minimum atomic E-state index is -0.745. The summed E-state index contributed by atoms with van der Waals surface area (Å²) in [6.45, 7) is 1.75. The molecule has 0 spiro atoms. The van der Waals surface area contributed by atoms with Crippen molar-refractivity contribution in [2.75, 3.05) is 0 Å². The predicted molar refractivity (Wildman–Crippen MR) is 22.4 cm³/mol. The van der Waals surface area contributed by atoms with E-state index in [4.69, 9.17) is 5.11 Å². The van der Waals surface area contributed by atoms with E-state index >= 15 is 0 Å². The van der Waals surface area contributed by atoms with Gasteiger partial charge in [0.05, 0.1) is 0 Å². The molecule has 6 heavy (non-hydrogen) atoms. The molecular formula is C4H8O2. The quantitative estimate of drug-likeness (QED) is 0.481. The van der Waals surface area contributed by atoms with E-state index in [1.165, 1.54) is 0 Å². The maximum atomic E-state index is 9.49. The van der Waals surface area contributed by atoms with E-state index < -0.39 is 6.10 Å². The first kappa shape index (κ1) is 5.63. The molecule has 2 nitrogen and oxygen atoms in total. The number of carbonyl (C=O) groups is 1. The Morgan fingerprint density at radius 3 is 2.50 bits per heavy atom. The van der Waals surface area contributed by atoms with Crippen LogP contribution in [0.25, 0.3) is 0 Å². The lowest BCUT2D eigenvalue weighted by molar-refractivity contribution is -0.114. The van der Waals surface area contributed by atoms with Crippen LogP contribution in [0.15, 0.2) is 0 Å². The fourth-order valence-electron chi connectivity index (χ4n) is 0.0962. The van der Waals surface area contributed by atoms with Crippen molar-refractivity contribution in [3.63, 3.8) is 0 Å². The number of aliphatic hydroxyl groups is 1. The van der Waals surface area contributed by atoms with Crippen LogP contribution in [0.3, 0.4) is 0 Å². The summed E-state index contributed by atoms with van der Waals surface area (Å²) >= 11 is 0. The molecule has 0 saturated carbocycles. The van der Waals surface area contributed by atoms with E-state index in [9.17, 15) is 4.79 Å². The lowest BCUT2D eigenvalue weighted by Crippen LogP contribution is -2.03. The van der Waals surface area contributed by atoms with Gasteiger partial charge in [0.1, 0.15) is 12.4 Å². The first-order chi connectivity index (χ1) is 2.81. The largest absolute Gasteiger partial charge is 0.386 e. The van der Waals surface area contributed by atoms with Gasteiger partial charge in [-0.3, -0.25) is 0 Å². The van der Waals surface area contributed by atoms with Crippen LogP contribution in [-0.2, 0) is 4.79 Å². The van der Waals surface area contributed by atoms with Crippen LogP contribution in [0.2, 0.25) is 0 Å². The number of aldehydes is 1. The third kappa shape index (κ3) is 1.91. The van der Waals surface area contributed by atoms with Crippen molar-refractivity contribution in [3.05, 3.63) is 0 Å². The van der Waals surface area contributed by atoms with Crippen molar-refractivity contribution in [3.8, 4) is 0 Å². The van der Waals surface area contributed by atoms with Crippen LogP contribution < -0.4 is 0 Å². The van der Waals surface area contributed by atoms with Crippen molar-refractivity contribution >= 4 is 6.29 Å². The molecule has 2 heteroatoms. The zero-order valence-corrected chi connectivity index (χ0v) is 3.72. The molecule has 0 unspecified atom stereocenters. The number of hydrogen-bond acceptors (Lipinski definition) is 2. The first-order valence-electron chi connectivity index (χ1n) is 1.94. The van der Waals surface area contributed by atoms with E-state index in [1.807, 2.05) is 0 Å².